The molecule has 418 valence electrons. The second-order valence-electron chi connectivity index (χ2n) is 22.3. The van der Waals surface area contributed by atoms with Crippen LogP contribution in [0.5, 0.6) is 5.75 Å². The van der Waals surface area contributed by atoms with E-state index in [4.69, 9.17) is 28.2 Å². The molecule has 5 fully saturated rings. The van der Waals surface area contributed by atoms with Crippen LogP contribution in [0.1, 0.15) is 133 Å². The predicted molar refractivity (Wildman–Crippen MR) is 281 cm³/mol. The Kier molecular flexibility index (Phi) is 19.7. The molecule has 1 aliphatic heterocycles. The molecule has 5 aliphatic carbocycles. The average molecular weight is 1080 g/mol. The number of amides is 2. The van der Waals surface area contributed by atoms with Gasteiger partial charge in [-0.25, -0.2) is 14.2 Å². The highest BCUT2D eigenvalue weighted by Crippen LogP contribution is 2.70. The number of ketones is 2. The van der Waals surface area contributed by atoms with Crippen LogP contribution in [0, 0.1) is 34.5 Å². The molecule has 6 aliphatic rings. The third kappa shape index (κ3) is 13.7. The highest BCUT2D eigenvalue weighted by molar-refractivity contribution is 7.46. The number of allylic oxidation sites excluding steroid dienone is 4. The van der Waals surface area contributed by atoms with E-state index in [1.807, 2.05) is 19.1 Å². The molecule has 19 heteroatoms. The Hall–Kier alpha value is -4.49. The number of aliphatic hydroxyl groups excluding tert-OH is 2. The van der Waals surface area contributed by atoms with Gasteiger partial charge in [0.1, 0.15) is 12.4 Å². The van der Waals surface area contributed by atoms with E-state index in [0.29, 0.717) is 24.9 Å². The number of rotatable bonds is 26. The van der Waals surface area contributed by atoms with E-state index in [-0.39, 0.29) is 66.8 Å². The monoisotopic (exact) mass is 1080 g/mol. The van der Waals surface area contributed by atoms with E-state index >= 15 is 0 Å². The van der Waals surface area contributed by atoms with E-state index < -0.39 is 80.0 Å². The average Bonchev–Trinajstić information content (AvgIpc) is 3.93. The number of aliphatic hydroxyl groups is 2. The number of phosphoric acid groups is 1. The number of hydrogen-bond acceptors (Lipinski definition) is 14. The van der Waals surface area contributed by atoms with Crippen LogP contribution in [0.4, 0.5) is 9.59 Å². The van der Waals surface area contributed by atoms with Crippen molar-refractivity contribution in [3.63, 3.8) is 0 Å². The topological polar surface area (TPSA) is 258 Å². The maximum Gasteiger partial charge on any atom is 0.524 e. The number of alkyl carbamates (subject to hydrolysis) is 2. The maximum atomic E-state index is 14.8. The fraction of sp³-hybridized carbons (Fsp3) is 0.649. The molecular formula is C57H80N3O15P. The quantitative estimate of drug-likeness (QED) is 0.0350. The summed E-state index contributed by atoms with van der Waals surface area (Å²) in [5.41, 5.74) is 0.107. The summed E-state index contributed by atoms with van der Waals surface area (Å²) in [6.45, 7) is 5.26. The van der Waals surface area contributed by atoms with Gasteiger partial charge in [-0.05, 0) is 124 Å². The summed E-state index contributed by atoms with van der Waals surface area (Å²) < 4.78 is 47.0. The first-order valence-corrected chi connectivity index (χ1v) is 29.2. The van der Waals surface area contributed by atoms with Gasteiger partial charge in [0.15, 0.2) is 24.3 Å². The summed E-state index contributed by atoms with van der Waals surface area (Å²) in [4.78, 5) is 72.1. The number of carbonyl (C=O) groups excluding carboxylic acids is 4. The van der Waals surface area contributed by atoms with E-state index in [1.165, 1.54) is 23.8 Å². The normalized spacial score (nSPS) is 29.3. The molecule has 2 aromatic carbocycles. The van der Waals surface area contributed by atoms with Gasteiger partial charge in [0, 0.05) is 61.1 Å². The Morgan fingerprint density at radius 3 is 2.36 bits per heavy atom. The summed E-state index contributed by atoms with van der Waals surface area (Å²) in [6, 6.07) is 14.7. The summed E-state index contributed by atoms with van der Waals surface area (Å²) in [7, 11) is -4.99. The molecule has 76 heavy (non-hydrogen) atoms. The minimum atomic E-state index is -4.99. The minimum Gasteiger partial charge on any atom is -0.445 e. The summed E-state index contributed by atoms with van der Waals surface area (Å²) in [6.07, 6.45) is 15.0. The zero-order chi connectivity index (χ0) is 53.9. The molecule has 0 radical (unpaired) electrons. The molecule has 10 atom stereocenters. The second kappa shape index (κ2) is 26.0. The molecule has 2 aromatic rings. The Morgan fingerprint density at radius 2 is 1.61 bits per heavy atom. The lowest BCUT2D eigenvalue weighted by molar-refractivity contribution is -0.209. The lowest BCUT2D eigenvalue weighted by Crippen LogP contribution is -2.63. The van der Waals surface area contributed by atoms with Crippen LogP contribution >= 0.6 is 7.82 Å². The van der Waals surface area contributed by atoms with Gasteiger partial charge in [0.2, 0.25) is 5.78 Å². The number of hydrogen-bond donors (Lipinski definition) is 7. The zero-order valence-corrected chi connectivity index (χ0v) is 45.1. The second-order valence-corrected chi connectivity index (χ2v) is 23.4. The molecule has 1 unspecified atom stereocenters. The number of aryl methyl sites for hydroxylation is 1. The number of carbonyl (C=O) groups is 4. The van der Waals surface area contributed by atoms with Crippen molar-refractivity contribution in [1.29, 1.82) is 0 Å². The molecule has 0 bridgehead atoms. The van der Waals surface area contributed by atoms with E-state index in [2.05, 4.69) is 47.1 Å². The zero-order valence-electron chi connectivity index (χ0n) is 44.2. The standard InChI is InChI=1S/C57H80N3O15P/c1-55-25-24-43(61)32-42(55)21-22-44-45-33-50-57(56(45,2)34-46(62)51(44)55,74-52(73-50)39-18-9-6-10-19-39)49(64)37-72-54(66)60-28-27-59-53(65)71-36-41-31-40(20-23-48(41)75-76(67,68)69)47(63)35-58-26-12-3-4-13-29-70-30-14-11-17-38-15-7-5-8-16-38/h5,7-8,15-16,20,23-25,31-32,39,44-47,50-52,58,62-63H,3-4,6,9-14,17-19,21-22,26-30,33-37H2,1-2H3,(H,59,65)(H,60,66)(H2,67,68,69)/t44-,45-,46-,47-,50?,51+,52+,55-,56-,57+/m0/s1. The summed E-state index contributed by atoms with van der Waals surface area (Å²) >= 11 is 0. The molecule has 1 heterocycles. The van der Waals surface area contributed by atoms with Crippen LogP contribution in [-0.4, -0.2) is 114 Å². The van der Waals surface area contributed by atoms with Gasteiger partial charge in [-0.2, -0.15) is 0 Å². The molecule has 18 nitrogen and oxygen atoms in total. The minimum absolute atomic E-state index is 0.0295. The molecule has 4 saturated carbocycles. The van der Waals surface area contributed by atoms with Gasteiger partial charge in [-0.3, -0.25) is 19.4 Å². The summed E-state index contributed by atoms with van der Waals surface area (Å²) in [5.74, 6) is -0.743. The number of phosphoric ester groups is 1. The Bertz CT molecular complexity index is 2430. The first-order chi connectivity index (χ1) is 36.5. The van der Waals surface area contributed by atoms with Crippen molar-refractivity contribution in [2.24, 2.45) is 34.5 Å². The van der Waals surface area contributed by atoms with Crippen LogP contribution in [0.2, 0.25) is 0 Å². The number of nitrogens with one attached hydrogen (secondary N) is 3. The van der Waals surface area contributed by atoms with E-state index in [1.54, 1.807) is 12.2 Å². The van der Waals surface area contributed by atoms with E-state index in [9.17, 15) is 43.7 Å². The smallest absolute Gasteiger partial charge is 0.445 e. The SMILES string of the molecule is C[C@]12C=CC(=O)C=C1CC[C@@H]1[C@@H]2[C@@H](O)C[C@@]2(C)[C@H]1CC1O[C@@H](C3CCCCC3)O[C@]12C(=O)COC(=O)NCCNC(=O)OCc1cc([C@@H](O)CNCCCCCCOCCCCc2ccccc2)ccc1OP(=O)(O)O. The molecule has 0 spiro atoms. The Labute approximate surface area is 446 Å². The Balaban J connectivity index is 0.765. The van der Waals surface area contributed by atoms with Crippen LogP contribution in [-0.2, 0) is 50.9 Å². The van der Waals surface area contributed by atoms with Crippen LogP contribution < -0.4 is 20.5 Å². The van der Waals surface area contributed by atoms with Crippen molar-refractivity contribution in [2.75, 3.05) is 46.0 Å². The number of benzene rings is 2. The van der Waals surface area contributed by atoms with Gasteiger partial charge >= 0.3 is 20.0 Å². The maximum absolute atomic E-state index is 14.8. The number of Topliss-reactive ketones (excluding diaryl/α,β-unsaturated/α-hetero) is 1. The van der Waals surface area contributed by atoms with Gasteiger partial charge in [-0.1, -0.05) is 94.0 Å². The fourth-order valence-electron chi connectivity index (χ4n) is 13.6. The predicted octanol–water partition coefficient (Wildman–Crippen LogP) is 7.85. The van der Waals surface area contributed by atoms with Crippen molar-refractivity contribution in [2.45, 2.75) is 153 Å². The fourth-order valence-corrected chi connectivity index (χ4v) is 14.0. The number of unbranched alkanes of at least 4 members (excludes halogenated alkanes) is 4. The first-order valence-electron chi connectivity index (χ1n) is 27.7. The highest BCUT2D eigenvalue weighted by Gasteiger charge is 2.76. The largest absolute Gasteiger partial charge is 0.524 e. The Morgan fingerprint density at radius 1 is 0.882 bits per heavy atom. The molecular weight excluding hydrogens is 998 g/mol. The molecule has 7 N–H and O–H groups in total. The first kappa shape index (κ1) is 57.7. The van der Waals surface area contributed by atoms with Crippen molar-refractivity contribution >= 4 is 31.6 Å². The highest BCUT2D eigenvalue weighted by atomic mass is 31.2. The molecule has 1 saturated heterocycles. The van der Waals surface area contributed by atoms with E-state index in [0.717, 1.165) is 102 Å². The van der Waals surface area contributed by atoms with Gasteiger partial charge in [0.25, 0.3) is 0 Å². The summed E-state index contributed by atoms with van der Waals surface area (Å²) in [5, 5.41) is 31.4. The van der Waals surface area contributed by atoms with Crippen LogP contribution in [0.25, 0.3) is 0 Å². The third-order valence-corrected chi connectivity index (χ3v) is 17.8. The lowest BCUT2D eigenvalue weighted by Gasteiger charge is -2.59. The number of fused-ring (bicyclic) bond motifs is 7. The lowest BCUT2D eigenvalue weighted by atomic mass is 9.46. The molecule has 0 aromatic heterocycles. The van der Waals surface area contributed by atoms with Crippen molar-refractivity contribution in [3.8, 4) is 5.75 Å². The molecule has 2 amide bonds. The van der Waals surface area contributed by atoms with Crippen LogP contribution in [0.3, 0.4) is 0 Å². The van der Waals surface area contributed by atoms with Crippen molar-refractivity contribution in [3.05, 3.63) is 89.0 Å². The van der Waals surface area contributed by atoms with Gasteiger partial charge in [-0.15, -0.1) is 0 Å². The van der Waals surface area contributed by atoms with Gasteiger partial charge < -0.3 is 54.4 Å². The van der Waals surface area contributed by atoms with Crippen LogP contribution in [0.15, 0.2) is 72.3 Å². The van der Waals surface area contributed by atoms with Crippen molar-refractivity contribution in [1.82, 2.24) is 16.0 Å². The van der Waals surface area contributed by atoms with Gasteiger partial charge in [0.05, 0.1) is 18.3 Å². The third-order valence-electron chi connectivity index (χ3n) is 17.3. The molecule has 8 rings (SSSR count). The number of ether oxygens (including phenoxy) is 5. The van der Waals surface area contributed by atoms with Crippen molar-refractivity contribution < 1.29 is 72.0 Å².